The summed E-state index contributed by atoms with van der Waals surface area (Å²) in [6.45, 7) is 9.69. The third-order valence-electron chi connectivity index (χ3n) is 4.90. The van der Waals surface area contributed by atoms with Gasteiger partial charge in [0.2, 0.25) is 5.91 Å². The summed E-state index contributed by atoms with van der Waals surface area (Å²) >= 11 is 0. The fourth-order valence-electron chi connectivity index (χ4n) is 3.60. The van der Waals surface area contributed by atoms with Gasteiger partial charge in [0, 0.05) is 19.5 Å². The van der Waals surface area contributed by atoms with Crippen molar-refractivity contribution in [3.8, 4) is 0 Å². The van der Waals surface area contributed by atoms with Crippen LogP contribution >= 0.6 is 0 Å². The monoisotopic (exact) mass is 344 g/mol. The van der Waals surface area contributed by atoms with Gasteiger partial charge >= 0.3 is 6.09 Å². The number of hydrogen-bond donors (Lipinski definition) is 0. The Labute approximate surface area is 149 Å². The van der Waals surface area contributed by atoms with Crippen molar-refractivity contribution in [1.29, 1.82) is 0 Å². The summed E-state index contributed by atoms with van der Waals surface area (Å²) in [6.07, 6.45) is 1.17. The summed E-state index contributed by atoms with van der Waals surface area (Å²) in [6, 6.07) is 7.55. The fraction of sp³-hybridized carbons (Fsp3) is 0.600. The number of fused-ring (bicyclic) bond motifs is 1. The molecule has 0 aliphatic carbocycles. The lowest BCUT2D eigenvalue weighted by molar-refractivity contribution is -0.136. The molecule has 2 amide bonds. The van der Waals surface area contributed by atoms with Gasteiger partial charge in [0.05, 0.1) is 6.54 Å². The Bertz CT molecular complexity index is 665. The number of nitrogens with zero attached hydrogens (tertiary/aromatic N) is 2. The minimum atomic E-state index is -0.580. The Kier molecular flexibility index (Phi) is 4.76. The molecule has 0 unspecified atom stereocenters. The number of carbonyl (C=O) groups excluding carboxylic acids is 2. The summed E-state index contributed by atoms with van der Waals surface area (Å²) in [5, 5.41) is 0. The summed E-state index contributed by atoms with van der Waals surface area (Å²) in [4.78, 5) is 29.4. The first kappa shape index (κ1) is 17.8. The van der Waals surface area contributed by atoms with Crippen LogP contribution in [0, 0.1) is 5.92 Å². The zero-order chi connectivity index (χ0) is 18.2. The first-order valence-electron chi connectivity index (χ1n) is 9.10. The summed E-state index contributed by atoms with van der Waals surface area (Å²) < 4.78 is 5.57. The Morgan fingerprint density at radius 1 is 1.16 bits per heavy atom. The topological polar surface area (TPSA) is 49.9 Å². The minimum absolute atomic E-state index is 0.0460. The first-order valence-corrected chi connectivity index (χ1v) is 9.10. The zero-order valence-corrected chi connectivity index (χ0v) is 15.6. The van der Waals surface area contributed by atoms with Gasteiger partial charge in [-0.25, -0.2) is 4.79 Å². The van der Waals surface area contributed by atoms with Crippen molar-refractivity contribution < 1.29 is 14.3 Å². The largest absolute Gasteiger partial charge is 0.444 e. The molecule has 1 fully saturated rings. The molecule has 2 aliphatic rings. The molecule has 0 bridgehead atoms. The van der Waals surface area contributed by atoms with Gasteiger partial charge in [-0.3, -0.25) is 9.69 Å². The third kappa shape index (κ3) is 3.97. The van der Waals surface area contributed by atoms with Gasteiger partial charge in [0.15, 0.2) is 0 Å². The summed E-state index contributed by atoms with van der Waals surface area (Å²) in [5.41, 5.74) is 1.66. The maximum Gasteiger partial charge on any atom is 0.411 e. The Hall–Kier alpha value is -2.04. The van der Waals surface area contributed by atoms with Crippen molar-refractivity contribution in [2.75, 3.05) is 13.1 Å². The molecule has 5 heteroatoms. The lowest BCUT2D eigenvalue weighted by Gasteiger charge is -2.38. The Morgan fingerprint density at radius 2 is 1.84 bits per heavy atom. The minimum Gasteiger partial charge on any atom is -0.444 e. The quantitative estimate of drug-likeness (QED) is 0.786. The van der Waals surface area contributed by atoms with Crippen molar-refractivity contribution in [2.24, 2.45) is 5.92 Å². The van der Waals surface area contributed by atoms with Crippen LogP contribution in [-0.2, 0) is 22.5 Å². The van der Waals surface area contributed by atoms with Crippen LogP contribution in [-0.4, -0.2) is 46.5 Å². The second-order valence-corrected chi connectivity index (χ2v) is 8.27. The number of rotatable bonds is 1. The first-order chi connectivity index (χ1) is 11.7. The van der Waals surface area contributed by atoms with Crippen LogP contribution in [0.5, 0.6) is 0 Å². The highest BCUT2D eigenvalue weighted by molar-refractivity contribution is 5.87. The van der Waals surface area contributed by atoms with Gasteiger partial charge in [-0.05, 0) is 44.2 Å². The molecule has 25 heavy (non-hydrogen) atoms. The predicted octanol–water partition coefficient (Wildman–Crippen LogP) is 3.22. The number of benzene rings is 1. The molecule has 0 aromatic heterocycles. The van der Waals surface area contributed by atoms with Gasteiger partial charge in [0.25, 0.3) is 0 Å². The van der Waals surface area contributed by atoms with Gasteiger partial charge in [-0.15, -0.1) is 0 Å². The highest BCUT2D eigenvalue weighted by Gasteiger charge is 2.39. The molecular weight excluding hydrogens is 316 g/mol. The summed E-state index contributed by atoms with van der Waals surface area (Å²) in [5.74, 6) is 0.569. The predicted molar refractivity (Wildman–Crippen MR) is 96.1 cm³/mol. The number of amides is 2. The van der Waals surface area contributed by atoms with Crippen LogP contribution in [0.1, 0.15) is 45.2 Å². The average molecular weight is 344 g/mol. The van der Waals surface area contributed by atoms with E-state index in [9.17, 15) is 9.59 Å². The SMILES string of the molecule is C[C@H]1CCN(C(=O)[C@@H]2Cc3ccccc3CN2C(=O)OC(C)(C)C)C1. The molecular formula is C20H28N2O3. The lowest BCUT2D eigenvalue weighted by atomic mass is 9.93. The number of carbonyl (C=O) groups is 2. The highest BCUT2D eigenvalue weighted by Crippen LogP contribution is 2.28. The van der Waals surface area contributed by atoms with Crippen molar-refractivity contribution in [1.82, 2.24) is 9.80 Å². The highest BCUT2D eigenvalue weighted by atomic mass is 16.6. The molecule has 0 saturated carbocycles. The standard InChI is InChI=1S/C20H28N2O3/c1-14-9-10-21(12-14)18(23)17-11-15-7-5-6-8-16(15)13-22(17)19(24)25-20(2,3)4/h5-8,14,17H,9-13H2,1-4H3/t14-,17-/m0/s1. The van der Waals surface area contributed by atoms with Gasteiger partial charge in [-0.2, -0.15) is 0 Å². The van der Waals surface area contributed by atoms with E-state index in [0.717, 1.165) is 30.6 Å². The van der Waals surface area contributed by atoms with Gasteiger partial charge < -0.3 is 9.64 Å². The molecule has 2 atom stereocenters. The molecule has 3 rings (SSSR count). The zero-order valence-electron chi connectivity index (χ0n) is 15.6. The molecule has 1 aromatic carbocycles. The maximum absolute atomic E-state index is 13.1. The number of likely N-dealkylation sites (tertiary alicyclic amines) is 1. The van der Waals surface area contributed by atoms with Crippen LogP contribution in [0.2, 0.25) is 0 Å². The Morgan fingerprint density at radius 3 is 2.44 bits per heavy atom. The smallest absolute Gasteiger partial charge is 0.411 e. The van der Waals surface area contributed by atoms with E-state index in [0.29, 0.717) is 18.9 Å². The molecule has 1 aromatic rings. The van der Waals surface area contributed by atoms with E-state index in [4.69, 9.17) is 4.74 Å². The molecule has 1 saturated heterocycles. The van der Waals surface area contributed by atoms with Gasteiger partial charge in [-0.1, -0.05) is 31.2 Å². The molecule has 0 N–H and O–H groups in total. The van der Waals surface area contributed by atoms with Crippen molar-refractivity contribution >= 4 is 12.0 Å². The van der Waals surface area contributed by atoms with E-state index in [1.54, 1.807) is 4.90 Å². The summed E-state index contributed by atoms with van der Waals surface area (Å²) in [7, 11) is 0. The van der Waals surface area contributed by atoms with Gasteiger partial charge in [0.1, 0.15) is 11.6 Å². The molecule has 0 radical (unpaired) electrons. The van der Waals surface area contributed by atoms with Crippen molar-refractivity contribution in [3.63, 3.8) is 0 Å². The van der Waals surface area contributed by atoms with Crippen molar-refractivity contribution in [3.05, 3.63) is 35.4 Å². The normalized spacial score (nSPS) is 23.4. The number of hydrogen-bond acceptors (Lipinski definition) is 3. The molecule has 0 spiro atoms. The molecule has 5 nitrogen and oxygen atoms in total. The fourth-order valence-corrected chi connectivity index (χ4v) is 3.60. The van der Waals surface area contributed by atoms with Crippen LogP contribution in [0.3, 0.4) is 0 Å². The third-order valence-corrected chi connectivity index (χ3v) is 4.90. The molecule has 2 heterocycles. The molecule has 2 aliphatic heterocycles. The second kappa shape index (κ2) is 6.70. The van der Waals surface area contributed by atoms with E-state index < -0.39 is 17.7 Å². The van der Waals surface area contributed by atoms with Crippen LogP contribution in [0.4, 0.5) is 4.79 Å². The van der Waals surface area contributed by atoms with Crippen molar-refractivity contribution in [2.45, 2.75) is 58.7 Å². The lowest BCUT2D eigenvalue weighted by Crippen LogP contribution is -2.54. The van der Waals surface area contributed by atoms with E-state index >= 15 is 0 Å². The molecule has 136 valence electrons. The van der Waals surface area contributed by atoms with Crippen LogP contribution < -0.4 is 0 Å². The van der Waals surface area contributed by atoms with Crippen LogP contribution in [0.25, 0.3) is 0 Å². The van der Waals surface area contributed by atoms with E-state index in [-0.39, 0.29) is 5.91 Å². The van der Waals surface area contributed by atoms with E-state index in [1.807, 2.05) is 43.9 Å². The number of ether oxygens (including phenoxy) is 1. The maximum atomic E-state index is 13.1. The average Bonchev–Trinajstić information content (AvgIpc) is 2.98. The van der Waals surface area contributed by atoms with E-state index in [2.05, 4.69) is 13.0 Å². The van der Waals surface area contributed by atoms with Crippen LogP contribution in [0.15, 0.2) is 24.3 Å². The second-order valence-electron chi connectivity index (χ2n) is 8.27. The van der Waals surface area contributed by atoms with E-state index in [1.165, 1.54) is 0 Å². The Balaban J connectivity index is 1.86.